The zero-order chi connectivity index (χ0) is 13.7. The van der Waals surface area contributed by atoms with Gasteiger partial charge in [0.15, 0.2) is 0 Å². The molecule has 2 N–H and O–H groups in total. The molecule has 1 heterocycles. The molecule has 18 heavy (non-hydrogen) atoms. The van der Waals surface area contributed by atoms with Crippen LogP contribution in [-0.2, 0) is 0 Å². The van der Waals surface area contributed by atoms with Crippen molar-refractivity contribution in [2.75, 3.05) is 0 Å². The summed E-state index contributed by atoms with van der Waals surface area (Å²) in [5.74, 6) is 1.32. The van der Waals surface area contributed by atoms with Gasteiger partial charge in [-0.25, -0.2) is 4.98 Å². The second-order valence-corrected chi connectivity index (χ2v) is 5.78. The minimum Gasteiger partial charge on any atom is -0.330 e. The second-order valence-electron chi connectivity index (χ2n) is 5.78. The van der Waals surface area contributed by atoms with E-state index in [9.17, 15) is 0 Å². The summed E-state index contributed by atoms with van der Waals surface area (Å²) in [6.45, 7) is 11.2. The Morgan fingerprint density at radius 2 is 1.83 bits per heavy atom. The van der Waals surface area contributed by atoms with E-state index in [1.807, 2.05) is 12.5 Å². The number of imidazole rings is 1. The van der Waals surface area contributed by atoms with E-state index >= 15 is 0 Å². The maximum absolute atomic E-state index is 6.30. The average molecular weight is 251 g/mol. The quantitative estimate of drug-likeness (QED) is 0.798. The fourth-order valence-corrected chi connectivity index (χ4v) is 2.77. The zero-order valence-electron chi connectivity index (χ0n) is 12.6. The number of aromatic nitrogens is 2. The lowest BCUT2D eigenvalue weighted by Gasteiger charge is -2.26. The Morgan fingerprint density at radius 1 is 1.22 bits per heavy atom. The van der Waals surface area contributed by atoms with E-state index in [1.54, 1.807) is 0 Å². The summed E-state index contributed by atoms with van der Waals surface area (Å²) in [5.41, 5.74) is 7.48. The van der Waals surface area contributed by atoms with Gasteiger partial charge < -0.3 is 10.3 Å². The monoisotopic (exact) mass is 251 g/mol. The van der Waals surface area contributed by atoms with Crippen LogP contribution in [0.5, 0.6) is 0 Å². The minimum absolute atomic E-state index is 0.101. The van der Waals surface area contributed by atoms with Gasteiger partial charge in [-0.2, -0.15) is 0 Å². The molecule has 3 nitrogen and oxygen atoms in total. The summed E-state index contributed by atoms with van der Waals surface area (Å²) in [4.78, 5) is 4.31. The van der Waals surface area contributed by atoms with Crippen LogP contribution in [0.3, 0.4) is 0 Å². The lowest BCUT2D eigenvalue weighted by Crippen LogP contribution is -2.22. The van der Waals surface area contributed by atoms with Crippen molar-refractivity contribution in [3.05, 3.63) is 18.2 Å². The van der Waals surface area contributed by atoms with Crippen LogP contribution < -0.4 is 5.73 Å². The van der Waals surface area contributed by atoms with Gasteiger partial charge in [-0.3, -0.25) is 0 Å². The molecule has 1 aromatic heterocycles. The lowest BCUT2D eigenvalue weighted by molar-refractivity contribution is 0.320. The summed E-state index contributed by atoms with van der Waals surface area (Å²) in [7, 11) is 0. The molecule has 0 fully saturated rings. The van der Waals surface area contributed by atoms with Crippen LogP contribution in [0.1, 0.15) is 71.7 Å². The van der Waals surface area contributed by atoms with Crippen molar-refractivity contribution in [1.29, 1.82) is 0 Å². The average Bonchev–Trinajstić information content (AvgIpc) is 2.78. The van der Waals surface area contributed by atoms with Gasteiger partial charge in [0.05, 0.1) is 12.0 Å². The number of rotatable bonds is 7. The highest BCUT2D eigenvalue weighted by molar-refractivity contribution is 5.06. The van der Waals surface area contributed by atoms with E-state index in [2.05, 4.69) is 44.2 Å². The highest BCUT2D eigenvalue weighted by Gasteiger charge is 2.20. The Hall–Kier alpha value is -0.830. The first kappa shape index (κ1) is 15.2. The van der Waals surface area contributed by atoms with Gasteiger partial charge in [0.1, 0.15) is 0 Å². The van der Waals surface area contributed by atoms with Crippen molar-refractivity contribution in [3.63, 3.8) is 0 Å². The molecule has 0 saturated heterocycles. The molecule has 0 radical (unpaired) electrons. The van der Waals surface area contributed by atoms with Gasteiger partial charge in [0, 0.05) is 18.3 Å². The molecule has 0 amide bonds. The Bertz CT molecular complexity index is 339. The summed E-state index contributed by atoms with van der Waals surface area (Å²) in [6.07, 6.45) is 7.30. The first-order valence-corrected chi connectivity index (χ1v) is 7.28. The zero-order valence-corrected chi connectivity index (χ0v) is 12.6. The van der Waals surface area contributed by atoms with Crippen molar-refractivity contribution in [2.45, 2.75) is 66.0 Å². The molecule has 3 heteroatoms. The first-order valence-electron chi connectivity index (χ1n) is 7.28. The highest BCUT2D eigenvalue weighted by atomic mass is 15.1. The number of hydrogen-bond donors (Lipinski definition) is 1. The van der Waals surface area contributed by atoms with Crippen LogP contribution in [0.4, 0.5) is 0 Å². The van der Waals surface area contributed by atoms with E-state index in [4.69, 9.17) is 5.73 Å². The fraction of sp³-hybridized carbons (Fsp3) is 0.800. The van der Waals surface area contributed by atoms with Crippen molar-refractivity contribution < 1.29 is 0 Å². The third kappa shape index (κ3) is 3.58. The summed E-state index contributed by atoms with van der Waals surface area (Å²) >= 11 is 0. The van der Waals surface area contributed by atoms with Crippen LogP contribution in [-0.4, -0.2) is 9.55 Å². The van der Waals surface area contributed by atoms with Crippen LogP contribution in [0.25, 0.3) is 0 Å². The molecule has 2 unspecified atom stereocenters. The molecular formula is C15H29N3. The van der Waals surface area contributed by atoms with Gasteiger partial charge in [0.2, 0.25) is 0 Å². The van der Waals surface area contributed by atoms with Crippen molar-refractivity contribution >= 4 is 0 Å². The van der Waals surface area contributed by atoms with Crippen LogP contribution in [0.2, 0.25) is 0 Å². The van der Waals surface area contributed by atoms with Crippen LogP contribution in [0, 0.1) is 11.8 Å². The van der Waals surface area contributed by atoms with E-state index in [0.29, 0.717) is 17.9 Å². The molecule has 2 atom stereocenters. The van der Waals surface area contributed by atoms with Crippen molar-refractivity contribution in [3.8, 4) is 0 Å². The topological polar surface area (TPSA) is 43.8 Å². The fourth-order valence-electron chi connectivity index (χ4n) is 2.77. The standard InChI is InChI=1S/C15H29N3/c1-6-13(7-2)12(5)18-10-17-9-15(18)14(16)8-11(3)4/h9-14H,6-8,16H2,1-5H3. The Morgan fingerprint density at radius 3 is 2.33 bits per heavy atom. The molecule has 0 aliphatic carbocycles. The number of nitrogens with two attached hydrogens (primary N) is 1. The summed E-state index contributed by atoms with van der Waals surface area (Å²) in [6, 6.07) is 0.583. The van der Waals surface area contributed by atoms with Gasteiger partial charge in [-0.15, -0.1) is 0 Å². The molecule has 0 aromatic carbocycles. The Balaban J connectivity index is 2.87. The predicted molar refractivity (Wildman–Crippen MR) is 77.4 cm³/mol. The first-order chi connectivity index (χ1) is 8.51. The third-order valence-corrected chi connectivity index (χ3v) is 3.97. The van der Waals surface area contributed by atoms with E-state index in [-0.39, 0.29) is 6.04 Å². The van der Waals surface area contributed by atoms with Crippen molar-refractivity contribution in [2.24, 2.45) is 17.6 Å². The van der Waals surface area contributed by atoms with Gasteiger partial charge in [-0.05, 0) is 25.2 Å². The molecule has 104 valence electrons. The predicted octanol–water partition coefficient (Wildman–Crippen LogP) is 3.93. The summed E-state index contributed by atoms with van der Waals surface area (Å²) < 4.78 is 2.28. The van der Waals surface area contributed by atoms with Crippen LogP contribution in [0.15, 0.2) is 12.5 Å². The normalized spacial score (nSPS) is 15.3. The van der Waals surface area contributed by atoms with E-state index in [1.165, 1.54) is 18.5 Å². The molecule has 1 rings (SSSR count). The third-order valence-electron chi connectivity index (χ3n) is 3.97. The van der Waals surface area contributed by atoms with E-state index in [0.717, 1.165) is 6.42 Å². The highest BCUT2D eigenvalue weighted by Crippen LogP contribution is 2.28. The van der Waals surface area contributed by atoms with Crippen molar-refractivity contribution in [1.82, 2.24) is 9.55 Å². The molecule has 0 aliphatic rings. The molecular weight excluding hydrogens is 222 g/mol. The number of hydrogen-bond acceptors (Lipinski definition) is 2. The molecule has 1 aromatic rings. The Labute approximate surface area is 112 Å². The largest absolute Gasteiger partial charge is 0.330 e. The molecule has 0 saturated carbocycles. The SMILES string of the molecule is CCC(CC)C(C)n1cncc1C(N)CC(C)C. The van der Waals surface area contributed by atoms with Gasteiger partial charge in [0.25, 0.3) is 0 Å². The van der Waals surface area contributed by atoms with Gasteiger partial charge in [-0.1, -0.05) is 40.5 Å². The summed E-state index contributed by atoms with van der Waals surface area (Å²) in [5, 5.41) is 0. The minimum atomic E-state index is 0.101. The Kier molecular flexibility index (Phi) is 5.86. The van der Waals surface area contributed by atoms with Crippen LogP contribution >= 0.6 is 0 Å². The second kappa shape index (κ2) is 6.93. The molecule has 0 bridgehead atoms. The lowest BCUT2D eigenvalue weighted by atomic mass is 9.94. The van der Waals surface area contributed by atoms with Gasteiger partial charge >= 0.3 is 0 Å². The number of nitrogens with zero attached hydrogens (tertiary/aromatic N) is 2. The molecule has 0 aliphatic heterocycles. The smallest absolute Gasteiger partial charge is 0.0951 e. The van der Waals surface area contributed by atoms with E-state index < -0.39 is 0 Å². The maximum atomic E-state index is 6.30. The maximum Gasteiger partial charge on any atom is 0.0951 e. The molecule has 0 spiro atoms.